The van der Waals surface area contributed by atoms with Gasteiger partial charge in [-0.15, -0.1) is 0 Å². The lowest BCUT2D eigenvalue weighted by Crippen LogP contribution is -2.28. The summed E-state index contributed by atoms with van der Waals surface area (Å²) < 4.78 is 23.1. The van der Waals surface area contributed by atoms with Crippen LogP contribution in [-0.2, 0) is 21.1 Å². The molecule has 0 spiro atoms. The zero-order valence-corrected chi connectivity index (χ0v) is 16.4. The molecule has 1 amide bonds. The molecule has 8 nitrogen and oxygen atoms in total. The first-order valence-electron chi connectivity index (χ1n) is 8.80. The Bertz CT molecular complexity index is 930. The average Bonchev–Trinajstić information content (AvgIpc) is 2.65. The van der Waals surface area contributed by atoms with E-state index >= 15 is 0 Å². The predicted octanol–water partition coefficient (Wildman–Crippen LogP) is 2.55. The molecule has 0 aliphatic rings. The Kier molecular flexibility index (Phi) is 7.51. The number of benzene rings is 2. The van der Waals surface area contributed by atoms with Crippen LogP contribution in [-0.4, -0.2) is 38.6 Å². The minimum Gasteiger partial charge on any atom is -0.378 e. The Labute approximate surface area is 164 Å². The van der Waals surface area contributed by atoms with Gasteiger partial charge in [-0.2, -0.15) is 0 Å². The van der Waals surface area contributed by atoms with Crippen molar-refractivity contribution in [2.45, 2.75) is 24.2 Å². The second kappa shape index (κ2) is 9.84. The van der Waals surface area contributed by atoms with E-state index < -0.39 is 14.8 Å². The molecule has 0 aromatic heterocycles. The predicted molar refractivity (Wildman–Crippen MR) is 107 cm³/mol. The van der Waals surface area contributed by atoms with Crippen LogP contribution in [0.1, 0.15) is 18.4 Å². The lowest BCUT2D eigenvalue weighted by molar-refractivity contribution is -0.384. The van der Waals surface area contributed by atoms with E-state index in [1.165, 1.54) is 17.7 Å². The number of nitro groups is 1. The Hall–Kier alpha value is -2.94. The minimum absolute atomic E-state index is 0.0837. The van der Waals surface area contributed by atoms with Gasteiger partial charge in [0.25, 0.3) is 5.69 Å². The van der Waals surface area contributed by atoms with Gasteiger partial charge in [-0.25, -0.2) is 8.42 Å². The molecule has 9 heteroatoms. The monoisotopic (exact) mass is 405 g/mol. The molecule has 0 fully saturated rings. The van der Waals surface area contributed by atoms with Crippen molar-refractivity contribution in [3.8, 4) is 0 Å². The molecule has 0 heterocycles. The molecular weight excluding hydrogens is 382 g/mol. The number of carbonyl (C=O) groups excluding carboxylic acids is 1. The number of sulfone groups is 1. The molecule has 150 valence electrons. The van der Waals surface area contributed by atoms with Gasteiger partial charge in [0.2, 0.25) is 5.91 Å². The molecule has 2 N–H and O–H groups in total. The topological polar surface area (TPSA) is 118 Å². The summed E-state index contributed by atoms with van der Waals surface area (Å²) in [5.41, 5.74) is 1.06. The van der Waals surface area contributed by atoms with Gasteiger partial charge in [-0.1, -0.05) is 30.3 Å². The highest BCUT2D eigenvalue weighted by molar-refractivity contribution is 7.90. The fraction of sp³-hybridized carbons (Fsp3) is 0.316. The van der Waals surface area contributed by atoms with Gasteiger partial charge < -0.3 is 10.6 Å². The van der Waals surface area contributed by atoms with Gasteiger partial charge >= 0.3 is 0 Å². The Morgan fingerprint density at radius 1 is 1.11 bits per heavy atom. The third-order valence-electron chi connectivity index (χ3n) is 4.07. The molecule has 2 aromatic carbocycles. The van der Waals surface area contributed by atoms with Crippen LogP contribution in [0.2, 0.25) is 0 Å². The first kappa shape index (κ1) is 21.4. The van der Waals surface area contributed by atoms with Crippen molar-refractivity contribution in [2.24, 2.45) is 0 Å². The van der Waals surface area contributed by atoms with Crippen LogP contribution in [0.15, 0.2) is 53.4 Å². The summed E-state index contributed by atoms with van der Waals surface area (Å²) in [5.74, 6) is -0.0837. The van der Waals surface area contributed by atoms with Crippen LogP contribution >= 0.6 is 0 Å². The van der Waals surface area contributed by atoms with Gasteiger partial charge in [-0.3, -0.25) is 14.9 Å². The Balaban J connectivity index is 1.78. The van der Waals surface area contributed by atoms with Gasteiger partial charge in [0, 0.05) is 31.8 Å². The number of rotatable bonds is 10. The number of anilines is 1. The van der Waals surface area contributed by atoms with E-state index in [0.717, 1.165) is 25.2 Å². The van der Waals surface area contributed by atoms with Gasteiger partial charge in [0.15, 0.2) is 9.84 Å². The van der Waals surface area contributed by atoms with Crippen LogP contribution in [0.4, 0.5) is 11.4 Å². The van der Waals surface area contributed by atoms with E-state index in [0.29, 0.717) is 13.0 Å². The van der Waals surface area contributed by atoms with Crippen LogP contribution in [0.3, 0.4) is 0 Å². The Morgan fingerprint density at radius 3 is 2.46 bits per heavy atom. The maximum absolute atomic E-state index is 11.9. The summed E-state index contributed by atoms with van der Waals surface area (Å²) in [6.45, 7) is 0.582. The van der Waals surface area contributed by atoms with Crippen LogP contribution < -0.4 is 10.6 Å². The number of carbonyl (C=O) groups is 1. The molecule has 0 aliphatic carbocycles. The van der Waals surface area contributed by atoms with Crippen molar-refractivity contribution in [3.63, 3.8) is 0 Å². The first-order valence-corrected chi connectivity index (χ1v) is 10.7. The summed E-state index contributed by atoms with van der Waals surface area (Å²) in [6, 6.07) is 13.6. The van der Waals surface area contributed by atoms with Crippen molar-refractivity contribution >= 4 is 27.1 Å². The highest BCUT2D eigenvalue weighted by Crippen LogP contribution is 2.27. The molecule has 28 heavy (non-hydrogen) atoms. The van der Waals surface area contributed by atoms with Crippen molar-refractivity contribution < 1.29 is 18.1 Å². The van der Waals surface area contributed by atoms with E-state index in [4.69, 9.17) is 0 Å². The van der Waals surface area contributed by atoms with E-state index in [9.17, 15) is 23.3 Å². The van der Waals surface area contributed by atoms with E-state index in [-0.39, 0.29) is 28.7 Å². The Morgan fingerprint density at radius 2 is 1.82 bits per heavy atom. The molecule has 0 atom stereocenters. The standard InChI is InChI=1S/C19H23N3O5S/c1-28(26,27)16-10-11-17(18(14-16)22(24)25)20-12-13-21-19(23)9-5-8-15-6-3-2-4-7-15/h2-4,6-7,10-11,14,20H,5,8-9,12-13H2,1H3,(H,21,23). The highest BCUT2D eigenvalue weighted by atomic mass is 32.2. The van der Waals surface area contributed by atoms with Crippen LogP contribution in [0.25, 0.3) is 0 Å². The summed E-state index contributed by atoms with van der Waals surface area (Å²) >= 11 is 0. The normalized spacial score (nSPS) is 11.0. The van der Waals surface area contributed by atoms with Crippen molar-refractivity contribution in [2.75, 3.05) is 24.7 Å². The molecule has 0 saturated carbocycles. The van der Waals surface area contributed by atoms with E-state index in [2.05, 4.69) is 10.6 Å². The summed E-state index contributed by atoms with van der Waals surface area (Å²) in [6.07, 6.45) is 2.96. The summed E-state index contributed by atoms with van der Waals surface area (Å²) in [7, 11) is -3.53. The number of hydrogen-bond acceptors (Lipinski definition) is 6. The number of nitro benzene ring substituents is 1. The number of aryl methyl sites for hydroxylation is 1. The van der Waals surface area contributed by atoms with Crippen LogP contribution in [0.5, 0.6) is 0 Å². The summed E-state index contributed by atoms with van der Waals surface area (Å²) in [5, 5.41) is 16.8. The highest BCUT2D eigenvalue weighted by Gasteiger charge is 2.18. The molecule has 0 bridgehead atoms. The minimum atomic E-state index is -3.53. The molecule has 2 rings (SSSR count). The maximum Gasteiger partial charge on any atom is 0.293 e. The number of nitrogens with zero attached hydrogens (tertiary/aromatic N) is 1. The number of hydrogen-bond donors (Lipinski definition) is 2. The molecular formula is C19H23N3O5S. The molecule has 0 radical (unpaired) electrons. The SMILES string of the molecule is CS(=O)(=O)c1ccc(NCCNC(=O)CCCc2ccccc2)c([N+](=O)[O-])c1. The van der Waals surface area contributed by atoms with Crippen molar-refractivity contribution in [1.29, 1.82) is 0 Å². The second-order valence-corrected chi connectivity index (χ2v) is 8.34. The molecule has 2 aromatic rings. The second-order valence-electron chi connectivity index (χ2n) is 6.32. The third kappa shape index (κ3) is 6.66. The molecule has 0 saturated heterocycles. The molecule has 0 unspecified atom stereocenters. The first-order chi connectivity index (χ1) is 13.3. The van der Waals surface area contributed by atoms with Gasteiger partial charge in [0.1, 0.15) is 5.69 Å². The maximum atomic E-state index is 11.9. The van der Waals surface area contributed by atoms with E-state index in [1.54, 1.807) is 0 Å². The fourth-order valence-corrected chi connectivity index (χ4v) is 3.27. The van der Waals surface area contributed by atoms with Crippen molar-refractivity contribution in [3.05, 3.63) is 64.2 Å². The number of nitrogens with one attached hydrogen (secondary N) is 2. The fourth-order valence-electron chi connectivity index (χ4n) is 2.63. The van der Waals surface area contributed by atoms with Gasteiger partial charge in [-0.05, 0) is 30.5 Å². The van der Waals surface area contributed by atoms with Gasteiger partial charge in [0.05, 0.1) is 9.82 Å². The lowest BCUT2D eigenvalue weighted by Gasteiger charge is -2.09. The smallest absolute Gasteiger partial charge is 0.293 e. The summed E-state index contributed by atoms with van der Waals surface area (Å²) in [4.78, 5) is 22.3. The lowest BCUT2D eigenvalue weighted by atomic mass is 10.1. The largest absolute Gasteiger partial charge is 0.378 e. The van der Waals surface area contributed by atoms with Crippen LogP contribution in [0, 0.1) is 10.1 Å². The number of amides is 1. The van der Waals surface area contributed by atoms with E-state index in [1.807, 2.05) is 30.3 Å². The zero-order valence-electron chi connectivity index (χ0n) is 15.6. The van der Waals surface area contributed by atoms with Crippen molar-refractivity contribution in [1.82, 2.24) is 5.32 Å². The molecule has 0 aliphatic heterocycles. The average molecular weight is 405 g/mol. The zero-order chi connectivity index (χ0) is 20.6. The quantitative estimate of drug-likeness (QED) is 0.356. The third-order valence-corrected chi connectivity index (χ3v) is 5.18.